The second-order valence-corrected chi connectivity index (χ2v) is 12.4. The number of ether oxygens (including phenoxy) is 1. The van der Waals surface area contributed by atoms with Gasteiger partial charge in [0, 0.05) is 18.0 Å². The summed E-state index contributed by atoms with van der Waals surface area (Å²) in [7, 11) is 1.40. The Hall–Kier alpha value is -3.96. The Morgan fingerprint density at radius 2 is 1.74 bits per heavy atom. The van der Waals surface area contributed by atoms with Gasteiger partial charge in [0.1, 0.15) is 17.3 Å². The normalized spacial score (nSPS) is 31.5. The maximum absolute atomic E-state index is 14.3. The van der Waals surface area contributed by atoms with Crippen molar-refractivity contribution in [3.05, 3.63) is 65.5 Å². The number of aliphatic carboxylic acids is 1. The van der Waals surface area contributed by atoms with E-state index in [0.29, 0.717) is 11.3 Å². The fourth-order valence-electron chi connectivity index (χ4n) is 7.13. The molecule has 3 fully saturated rings. The van der Waals surface area contributed by atoms with Crippen molar-refractivity contribution in [2.45, 2.75) is 34.9 Å². The molecule has 0 spiro atoms. The number of carboxylic acid groups (broad SMARTS) is 1. The van der Waals surface area contributed by atoms with Crippen LogP contribution in [0, 0.1) is 23.6 Å². The molecule has 2 aromatic rings. The van der Waals surface area contributed by atoms with Gasteiger partial charge in [-0.15, -0.1) is 23.2 Å². The van der Waals surface area contributed by atoms with Gasteiger partial charge in [-0.05, 0) is 61.2 Å². The fourth-order valence-corrected chi connectivity index (χ4v) is 8.05. The summed E-state index contributed by atoms with van der Waals surface area (Å²) < 4.78 is 19.1. The molecule has 2 aromatic carbocycles. The van der Waals surface area contributed by atoms with Crippen LogP contribution in [-0.2, 0) is 24.0 Å². The number of carbonyl (C=O) groups is 5. The number of phenols is 1. The number of alkyl halides is 2. The van der Waals surface area contributed by atoms with Gasteiger partial charge in [0.25, 0.3) is 11.8 Å². The van der Waals surface area contributed by atoms with Gasteiger partial charge < -0.3 is 14.9 Å². The van der Waals surface area contributed by atoms with E-state index in [9.17, 15) is 33.5 Å². The van der Waals surface area contributed by atoms with Gasteiger partial charge in [-0.1, -0.05) is 11.6 Å². The molecule has 43 heavy (non-hydrogen) atoms. The lowest BCUT2D eigenvalue weighted by atomic mass is 9.56. The summed E-state index contributed by atoms with van der Waals surface area (Å²) in [5.74, 6) is -8.61. The number of methoxy groups -OCH3 is 1. The van der Waals surface area contributed by atoms with E-state index < -0.39 is 75.3 Å². The number of hydrogen-bond acceptors (Lipinski definition) is 7. The average molecular weight is 631 g/mol. The number of allylic oxidation sites excluding steroid dienone is 2. The number of amides is 4. The van der Waals surface area contributed by atoms with Crippen molar-refractivity contribution in [3.63, 3.8) is 0 Å². The topological polar surface area (TPSA) is 142 Å². The average Bonchev–Trinajstić information content (AvgIpc) is 3.30. The number of phenolic OH excluding ortho intramolecular Hbond substituents is 1. The highest BCUT2D eigenvalue weighted by Crippen LogP contribution is 2.66. The van der Waals surface area contributed by atoms with Crippen molar-refractivity contribution in [1.29, 1.82) is 0 Å². The summed E-state index contributed by atoms with van der Waals surface area (Å²) in [6.45, 7) is -0.316. The zero-order valence-electron chi connectivity index (χ0n) is 22.6. The van der Waals surface area contributed by atoms with Gasteiger partial charge >= 0.3 is 5.97 Å². The number of imide groups is 2. The van der Waals surface area contributed by atoms with E-state index in [4.69, 9.17) is 33.0 Å². The van der Waals surface area contributed by atoms with Crippen LogP contribution in [0.15, 0.2) is 54.1 Å². The second-order valence-electron chi connectivity index (χ2n) is 11.1. The van der Waals surface area contributed by atoms with Gasteiger partial charge in [0.15, 0.2) is 9.75 Å². The Morgan fingerprint density at radius 1 is 1.05 bits per heavy atom. The van der Waals surface area contributed by atoms with Gasteiger partial charge in [-0.25, -0.2) is 9.29 Å². The van der Waals surface area contributed by atoms with E-state index in [-0.39, 0.29) is 36.4 Å². The number of carboxylic acids is 1. The van der Waals surface area contributed by atoms with Crippen LogP contribution in [0.1, 0.15) is 30.7 Å². The summed E-state index contributed by atoms with van der Waals surface area (Å²) in [5, 5.41) is 20.2. The quantitative estimate of drug-likeness (QED) is 0.280. The van der Waals surface area contributed by atoms with Crippen molar-refractivity contribution < 1.29 is 43.3 Å². The Balaban J connectivity index is 1.54. The van der Waals surface area contributed by atoms with E-state index in [0.717, 1.165) is 21.9 Å². The molecule has 224 valence electrons. The van der Waals surface area contributed by atoms with Gasteiger partial charge in [-0.3, -0.25) is 28.9 Å². The summed E-state index contributed by atoms with van der Waals surface area (Å²) in [4.78, 5) is 64.0. The van der Waals surface area contributed by atoms with E-state index in [1.54, 1.807) is 6.08 Å². The molecule has 0 aromatic heterocycles. The van der Waals surface area contributed by atoms with Crippen molar-refractivity contribution in [2.24, 2.45) is 17.8 Å². The van der Waals surface area contributed by atoms with Crippen LogP contribution < -0.4 is 9.64 Å². The summed E-state index contributed by atoms with van der Waals surface area (Å²) in [6.07, 6.45) is 1.03. The van der Waals surface area contributed by atoms with Crippen LogP contribution in [0.3, 0.4) is 0 Å². The van der Waals surface area contributed by atoms with Crippen molar-refractivity contribution in [3.8, 4) is 11.5 Å². The van der Waals surface area contributed by atoms with Crippen LogP contribution in [0.25, 0.3) is 0 Å². The monoisotopic (exact) mass is 630 g/mol. The first-order valence-electron chi connectivity index (χ1n) is 13.5. The lowest BCUT2D eigenvalue weighted by Crippen LogP contribution is -2.60. The predicted octanol–water partition coefficient (Wildman–Crippen LogP) is 3.58. The summed E-state index contributed by atoms with van der Waals surface area (Å²) in [5.41, 5.74) is 0.594. The minimum Gasteiger partial charge on any atom is -0.508 e. The van der Waals surface area contributed by atoms with Gasteiger partial charge in [0.2, 0.25) is 11.8 Å². The number of hydrogen-bond donors (Lipinski definition) is 2. The van der Waals surface area contributed by atoms with Crippen LogP contribution in [-0.4, -0.2) is 68.1 Å². The zero-order chi connectivity index (χ0) is 31.0. The Morgan fingerprint density at radius 3 is 2.40 bits per heavy atom. The molecule has 2 saturated heterocycles. The van der Waals surface area contributed by atoms with Crippen molar-refractivity contribution in [2.75, 3.05) is 18.6 Å². The maximum Gasteiger partial charge on any atom is 0.305 e. The first-order chi connectivity index (χ1) is 20.3. The molecule has 1 saturated carbocycles. The first-order valence-corrected chi connectivity index (χ1v) is 14.3. The molecular weight excluding hydrogens is 606 g/mol. The van der Waals surface area contributed by atoms with Crippen LogP contribution in [0.5, 0.6) is 11.5 Å². The second kappa shape index (κ2) is 10.1. The number of nitrogens with zero attached hydrogens (tertiary/aromatic N) is 2. The lowest BCUT2D eigenvalue weighted by molar-refractivity contribution is -0.142. The molecule has 6 rings (SSSR count). The number of likely N-dealkylation sites (tertiary alicyclic amines) is 1. The first kappa shape index (κ1) is 29.1. The van der Waals surface area contributed by atoms with Gasteiger partial charge in [-0.2, -0.15) is 0 Å². The largest absolute Gasteiger partial charge is 0.508 e. The molecule has 6 atom stereocenters. The highest BCUT2D eigenvalue weighted by molar-refractivity contribution is 6.58. The smallest absolute Gasteiger partial charge is 0.305 e. The number of benzene rings is 2. The third-order valence-electron chi connectivity index (χ3n) is 9.08. The highest BCUT2D eigenvalue weighted by Gasteiger charge is 2.76. The fraction of sp³-hybridized carbons (Fsp3) is 0.367. The van der Waals surface area contributed by atoms with E-state index in [1.165, 1.54) is 37.4 Å². The molecule has 10 nitrogen and oxygen atoms in total. The summed E-state index contributed by atoms with van der Waals surface area (Å²) >= 11 is 14.5. The van der Waals surface area contributed by atoms with E-state index in [1.807, 2.05) is 0 Å². The SMILES string of the molecule is COc1ccc(O)c([C@H]2C3=CC[C@@H]4C(=O)N(CCC(=O)O)C(=O)[C@@H]4[C@@H]3C[C@@]3(Cl)C(=O)N(c4ccc(F)cc4)C(=O)[C@@]23Cl)c1. The molecule has 0 radical (unpaired) electrons. The minimum atomic E-state index is -2.21. The zero-order valence-corrected chi connectivity index (χ0v) is 24.1. The number of carbonyl (C=O) groups excluding carboxylic acids is 4. The van der Waals surface area contributed by atoms with Gasteiger partial charge in [0.05, 0.1) is 31.1 Å². The molecule has 2 aliphatic carbocycles. The molecule has 4 amide bonds. The number of anilines is 1. The third-order valence-corrected chi connectivity index (χ3v) is 10.5. The molecule has 13 heteroatoms. The number of aromatic hydroxyl groups is 1. The van der Waals surface area contributed by atoms with Crippen molar-refractivity contribution >= 4 is 58.5 Å². The van der Waals surface area contributed by atoms with Crippen LogP contribution in [0.2, 0.25) is 0 Å². The van der Waals surface area contributed by atoms with E-state index >= 15 is 0 Å². The molecular formula is C30H25Cl2FN2O8. The number of fused-ring (bicyclic) bond motifs is 4. The minimum absolute atomic E-state index is 0.0289. The lowest BCUT2D eigenvalue weighted by Gasteiger charge is -2.50. The Bertz CT molecular complexity index is 1630. The standard InChI is InChI=1S/C30H25Cl2FN2O8/c1-43-16-6-9-21(36)19(12-16)24-17-7-8-18-23(26(40)34(25(18)39)11-10-22(37)38)20(17)13-29(31)27(41)35(28(42)30(24,29)32)15-4-2-14(33)3-5-15/h2-7,9,12,18,20,23-24,36H,8,10-11,13H2,1H3,(H,37,38)/t18-,20+,23-,24+,29+,30-/m0/s1. The van der Waals surface area contributed by atoms with E-state index in [2.05, 4.69) is 0 Å². The van der Waals surface area contributed by atoms with Crippen molar-refractivity contribution in [1.82, 2.24) is 4.90 Å². The predicted molar refractivity (Wildman–Crippen MR) is 150 cm³/mol. The molecule has 2 heterocycles. The summed E-state index contributed by atoms with van der Waals surface area (Å²) in [6, 6.07) is 8.93. The molecule has 2 aliphatic heterocycles. The molecule has 0 unspecified atom stereocenters. The third kappa shape index (κ3) is 4.01. The number of rotatable bonds is 6. The highest BCUT2D eigenvalue weighted by atomic mass is 35.5. The van der Waals surface area contributed by atoms with Crippen LogP contribution in [0.4, 0.5) is 10.1 Å². The molecule has 2 N–H and O–H groups in total. The Labute approximate surface area is 254 Å². The molecule has 4 aliphatic rings. The molecule has 0 bridgehead atoms. The maximum atomic E-state index is 14.3. The van der Waals surface area contributed by atoms with Crippen LogP contribution >= 0.6 is 23.2 Å². The number of halogens is 3. The Kier molecular flexibility index (Phi) is 6.81.